The molecule has 2 aromatic carbocycles. The highest BCUT2D eigenvalue weighted by atomic mass is 32.3. The zero-order valence-electron chi connectivity index (χ0n) is 15.4. The van der Waals surface area contributed by atoms with Crippen molar-refractivity contribution >= 4 is 33.1 Å². The number of aryl methyl sites for hydroxylation is 1. The van der Waals surface area contributed by atoms with Gasteiger partial charge < -0.3 is 4.55 Å². The van der Waals surface area contributed by atoms with Gasteiger partial charge in [0.25, 0.3) is 4.38 Å². The number of nitrogens with one attached hydrogen (secondary N) is 1. The lowest BCUT2D eigenvalue weighted by molar-refractivity contribution is 0.590. The van der Waals surface area contributed by atoms with Crippen LogP contribution in [-0.2, 0) is 18.0 Å². The van der Waals surface area contributed by atoms with E-state index in [9.17, 15) is 4.55 Å². The number of benzene rings is 2. The molecule has 0 saturated heterocycles. The molecule has 5 heteroatoms. The molecule has 0 spiro atoms. The fourth-order valence-corrected chi connectivity index (χ4v) is 3.92. The highest BCUT2D eigenvalue weighted by Gasteiger charge is 2.27. The topological polar surface area (TPSA) is 56.4 Å². The van der Waals surface area contributed by atoms with E-state index in [-0.39, 0.29) is 11.3 Å². The molecule has 0 aromatic heterocycles. The standard InChI is InChI=1S/C20H26N2OS2/c1-14-6-12-17(13-7-14)25(5,23)19(24)22-18(21)15-8-10-16(11-9-15)20(2,3)4/h6-13,23H,1-5H3,(H2,21,22,24)/p+1. The molecule has 0 radical (unpaired) electrons. The van der Waals surface area contributed by atoms with Crippen LogP contribution < -0.4 is 0 Å². The predicted octanol–water partition coefficient (Wildman–Crippen LogP) is 4.95. The number of amidine groups is 1. The van der Waals surface area contributed by atoms with Gasteiger partial charge in [-0.05, 0) is 40.3 Å². The Kier molecular flexibility index (Phi) is 5.82. The van der Waals surface area contributed by atoms with Gasteiger partial charge in [0.15, 0.2) is 5.84 Å². The van der Waals surface area contributed by atoms with Crippen LogP contribution >= 0.6 is 10.3 Å². The van der Waals surface area contributed by atoms with Crippen LogP contribution in [0, 0.1) is 12.3 Å². The molecule has 1 atom stereocenters. The molecule has 2 aromatic rings. The van der Waals surface area contributed by atoms with Gasteiger partial charge in [-0.1, -0.05) is 62.7 Å². The number of hydrogen-bond donors (Lipinski definition) is 2. The van der Waals surface area contributed by atoms with E-state index in [0.29, 0.717) is 4.38 Å². The van der Waals surface area contributed by atoms with E-state index < -0.39 is 10.3 Å². The number of aliphatic imine (C=N–C) groups is 1. The van der Waals surface area contributed by atoms with Gasteiger partial charge in [0.05, 0.1) is 0 Å². The van der Waals surface area contributed by atoms with Gasteiger partial charge in [-0.3, -0.25) is 5.41 Å². The minimum atomic E-state index is -2.27. The summed E-state index contributed by atoms with van der Waals surface area (Å²) in [4.78, 5) is 5.12. The Morgan fingerprint density at radius 2 is 1.56 bits per heavy atom. The smallest absolute Gasteiger partial charge is 0.287 e. The van der Waals surface area contributed by atoms with Crippen molar-refractivity contribution in [2.75, 3.05) is 6.26 Å². The second-order valence-corrected chi connectivity index (χ2v) is 10.7. The third kappa shape index (κ3) is 4.75. The molecule has 0 fully saturated rings. The molecule has 0 bridgehead atoms. The van der Waals surface area contributed by atoms with Crippen LogP contribution in [0.3, 0.4) is 0 Å². The zero-order valence-corrected chi connectivity index (χ0v) is 17.2. The largest absolute Gasteiger partial charge is 0.338 e. The van der Waals surface area contributed by atoms with Gasteiger partial charge in [0.2, 0.25) is 0 Å². The average Bonchev–Trinajstić information content (AvgIpc) is 2.54. The molecule has 134 valence electrons. The van der Waals surface area contributed by atoms with Gasteiger partial charge in [-0.15, -0.1) is 0 Å². The maximum Gasteiger partial charge on any atom is 0.287 e. The van der Waals surface area contributed by atoms with Crippen molar-refractivity contribution in [3.8, 4) is 0 Å². The summed E-state index contributed by atoms with van der Waals surface area (Å²) in [6.07, 6.45) is 1.75. The summed E-state index contributed by atoms with van der Waals surface area (Å²) in [7, 11) is -2.27. The first-order valence-corrected chi connectivity index (χ1v) is 10.6. The van der Waals surface area contributed by atoms with E-state index in [2.05, 4.69) is 38.4 Å². The van der Waals surface area contributed by atoms with E-state index in [4.69, 9.17) is 5.41 Å². The van der Waals surface area contributed by atoms with Crippen molar-refractivity contribution in [2.24, 2.45) is 4.99 Å². The second kappa shape index (κ2) is 7.36. The van der Waals surface area contributed by atoms with Crippen LogP contribution in [0.5, 0.6) is 0 Å². The molecule has 3 nitrogen and oxygen atoms in total. The van der Waals surface area contributed by atoms with Crippen molar-refractivity contribution < 1.29 is 4.55 Å². The highest BCUT2D eigenvalue weighted by Crippen LogP contribution is 2.49. The summed E-state index contributed by atoms with van der Waals surface area (Å²) < 4.78 is 11.3. The fourth-order valence-electron chi connectivity index (χ4n) is 2.30. The molecular weight excluding hydrogens is 348 g/mol. The normalized spacial score (nSPS) is 16.2. The van der Waals surface area contributed by atoms with E-state index in [1.54, 1.807) is 6.26 Å². The first-order chi connectivity index (χ1) is 11.5. The van der Waals surface area contributed by atoms with Gasteiger partial charge in [-0.2, -0.15) is 4.99 Å². The Morgan fingerprint density at radius 1 is 1.04 bits per heavy atom. The van der Waals surface area contributed by atoms with Gasteiger partial charge in [-0.25, -0.2) is 0 Å². The van der Waals surface area contributed by atoms with Gasteiger partial charge in [0.1, 0.15) is 0 Å². The van der Waals surface area contributed by atoms with E-state index >= 15 is 0 Å². The molecule has 25 heavy (non-hydrogen) atoms. The summed E-state index contributed by atoms with van der Waals surface area (Å²) in [5.41, 5.74) is 3.15. The summed E-state index contributed by atoms with van der Waals surface area (Å²) in [6, 6.07) is 15.6. The monoisotopic (exact) mass is 375 g/mol. The Balaban J connectivity index is 2.26. The molecule has 2 N–H and O–H groups in total. The average molecular weight is 376 g/mol. The first kappa shape index (κ1) is 19.8. The molecule has 0 heterocycles. The quantitative estimate of drug-likeness (QED) is 0.435. The molecule has 0 aliphatic rings. The molecule has 0 aliphatic carbocycles. The lowest BCUT2D eigenvalue weighted by Crippen LogP contribution is -2.12. The fraction of sp³-hybridized carbons (Fsp3) is 0.300. The van der Waals surface area contributed by atoms with Crippen molar-refractivity contribution in [1.29, 1.82) is 5.41 Å². The number of nitrogens with zero attached hydrogens (tertiary/aromatic N) is 1. The molecule has 0 amide bonds. The van der Waals surface area contributed by atoms with E-state index in [1.807, 2.05) is 55.5 Å². The van der Waals surface area contributed by atoms with Crippen LogP contribution in [-0.4, -0.2) is 21.0 Å². The van der Waals surface area contributed by atoms with Crippen LogP contribution in [0.15, 0.2) is 58.4 Å². The van der Waals surface area contributed by atoms with E-state index in [1.165, 1.54) is 5.56 Å². The summed E-state index contributed by atoms with van der Waals surface area (Å²) in [6.45, 7) is 8.48. The lowest BCUT2D eigenvalue weighted by atomic mass is 9.87. The van der Waals surface area contributed by atoms with E-state index in [0.717, 1.165) is 16.0 Å². The number of rotatable bonds is 2. The van der Waals surface area contributed by atoms with Crippen molar-refractivity contribution in [2.45, 2.75) is 38.0 Å². The Labute approximate surface area is 157 Å². The summed E-state index contributed by atoms with van der Waals surface area (Å²) in [5.74, 6) is 0.130. The molecular formula is C20H27N2OS2+. The van der Waals surface area contributed by atoms with Gasteiger partial charge >= 0.3 is 0 Å². The maximum atomic E-state index is 10.9. The molecule has 1 unspecified atom stereocenters. The van der Waals surface area contributed by atoms with Gasteiger partial charge in [0, 0.05) is 29.3 Å². The molecule has 2 rings (SSSR count). The molecule has 0 aliphatic heterocycles. The molecule has 0 saturated carbocycles. The highest BCUT2D eigenvalue weighted by molar-refractivity contribution is 8.48. The minimum Gasteiger partial charge on any atom is -0.338 e. The predicted molar refractivity (Wildman–Crippen MR) is 115 cm³/mol. The Morgan fingerprint density at radius 3 is 2.04 bits per heavy atom. The summed E-state index contributed by atoms with van der Waals surface area (Å²) >= 11 is 3.45. The third-order valence-electron chi connectivity index (χ3n) is 4.09. The van der Waals surface area contributed by atoms with Crippen LogP contribution in [0.25, 0.3) is 0 Å². The lowest BCUT2D eigenvalue weighted by Gasteiger charge is -2.24. The van der Waals surface area contributed by atoms with Crippen LogP contribution in [0.4, 0.5) is 0 Å². The Bertz CT molecular complexity index is 786. The Hall–Kier alpha value is -1.56. The zero-order chi connectivity index (χ0) is 18.8. The second-order valence-electron chi connectivity index (χ2n) is 7.28. The van der Waals surface area contributed by atoms with Crippen LogP contribution in [0.1, 0.15) is 37.5 Å². The maximum absolute atomic E-state index is 10.9. The van der Waals surface area contributed by atoms with Crippen molar-refractivity contribution in [3.05, 3.63) is 65.2 Å². The summed E-state index contributed by atoms with van der Waals surface area (Å²) in [5, 5.41) is 8.25. The van der Waals surface area contributed by atoms with Crippen LogP contribution in [0.2, 0.25) is 0 Å². The van der Waals surface area contributed by atoms with Crippen molar-refractivity contribution in [1.82, 2.24) is 0 Å². The van der Waals surface area contributed by atoms with Crippen molar-refractivity contribution in [3.63, 3.8) is 0 Å². The third-order valence-corrected chi connectivity index (χ3v) is 7.43. The minimum absolute atomic E-state index is 0.0729. The number of hydrogen-bond acceptors (Lipinski definition) is 2. The first-order valence-electron chi connectivity index (χ1n) is 8.09. The SMILES string of the molecule is Cc1ccc(S(C)(O)C([SH2+])=NC(=N)c2ccc(C(C)(C)C)cc2)cc1.